The molecule has 1 heterocycles. The molecule has 0 bridgehead atoms. The van der Waals surface area contributed by atoms with Gasteiger partial charge in [0.2, 0.25) is 0 Å². The number of hydrogen-bond acceptors (Lipinski definition) is 4. The van der Waals surface area contributed by atoms with Crippen LogP contribution in [0.3, 0.4) is 0 Å². The zero-order valence-corrected chi connectivity index (χ0v) is 11.9. The summed E-state index contributed by atoms with van der Waals surface area (Å²) >= 11 is 5.95. The number of rotatable bonds is 5. The molecule has 1 aromatic rings. The minimum Gasteiger partial charge on any atom is -0.489 e. The molecule has 1 aromatic carbocycles. The van der Waals surface area contributed by atoms with Crippen molar-refractivity contribution in [1.82, 2.24) is 5.43 Å². The Morgan fingerprint density at radius 3 is 2.79 bits per heavy atom. The zero-order valence-electron chi connectivity index (χ0n) is 11.1. The van der Waals surface area contributed by atoms with Crippen LogP contribution in [0.2, 0.25) is 5.02 Å². The fourth-order valence-electron chi connectivity index (χ4n) is 2.56. The van der Waals surface area contributed by atoms with Crippen LogP contribution in [0.25, 0.3) is 0 Å². The maximum atomic E-state index is 5.95. The Hall–Kier alpha value is -0.810. The SMILES string of the molecule is CC(Oc1cccc(Cl)c1)C(NN)C1CCOCC1. The second-order valence-corrected chi connectivity index (χ2v) is 5.36. The number of hydrogen-bond donors (Lipinski definition) is 2. The molecule has 0 amide bonds. The van der Waals surface area contributed by atoms with Gasteiger partial charge < -0.3 is 9.47 Å². The summed E-state index contributed by atoms with van der Waals surface area (Å²) in [5.41, 5.74) is 2.89. The first-order chi connectivity index (χ1) is 9.20. The van der Waals surface area contributed by atoms with Crippen LogP contribution in [-0.2, 0) is 4.74 Å². The van der Waals surface area contributed by atoms with Gasteiger partial charge in [0.25, 0.3) is 0 Å². The fraction of sp³-hybridized carbons (Fsp3) is 0.571. The lowest BCUT2D eigenvalue weighted by molar-refractivity contribution is 0.0317. The van der Waals surface area contributed by atoms with Gasteiger partial charge >= 0.3 is 0 Å². The molecule has 1 fully saturated rings. The van der Waals surface area contributed by atoms with E-state index in [1.807, 2.05) is 31.2 Å². The first-order valence-electron chi connectivity index (χ1n) is 6.67. The fourth-order valence-corrected chi connectivity index (χ4v) is 2.74. The molecule has 19 heavy (non-hydrogen) atoms. The third-order valence-electron chi connectivity index (χ3n) is 3.59. The second-order valence-electron chi connectivity index (χ2n) is 4.92. The molecule has 1 aliphatic rings. The topological polar surface area (TPSA) is 56.5 Å². The van der Waals surface area contributed by atoms with Gasteiger partial charge in [-0.15, -0.1) is 0 Å². The lowest BCUT2D eigenvalue weighted by Crippen LogP contribution is -2.51. The maximum absolute atomic E-state index is 5.95. The standard InChI is InChI=1S/C14H21ClN2O2/c1-10(19-13-4-2-3-12(15)9-13)14(17-16)11-5-7-18-8-6-11/h2-4,9-11,14,17H,5-8,16H2,1H3. The number of hydrazine groups is 1. The highest BCUT2D eigenvalue weighted by Crippen LogP contribution is 2.24. The third kappa shape index (κ3) is 4.08. The largest absolute Gasteiger partial charge is 0.489 e. The molecule has 106 valence electrons. The van der Waals surface area contributed by atoms with Gasteiger partial charge in [-0.2, -0.15) is 0 Å². The van der Waals surface area contributed by atoms with Crippen LogP contribution in [0.5, 0.6) is 5.75 Å². The molecule has 2 rings (SSSR count). The van der Waals surface area contributed by atoms with Crippen molar-refractivity contribution in [2.24, 2.45) is 11.8 Å². The Morgan fingerprint density at radius 2 is 2.16 bits per heavy atom. The van der Waals surface area contributed by atoms with Crippen molar-refractivity contribution in [2.45, 2.75) is 31.9 Å². The van der Waals surface area contributed by atoms with Gasteiger partial charge in [0, 0.05) is 18.2 Å². The van der Waals surface area contributed by atoms with E-state index in [1.165, 1.54) is 0 Å². The summed E-state index contributed by atoms with van der Waals surface area (Å²) in [6.45, 7) is 3.63. The highest BCUT2D eigenvalue weighted by molar-refractivity contribution is 6.30. The lowest BCUT2D eigenvalue weighted by atomic mass is 9.89. The quantitative estimate of drug-likeness (QED) is 0.644. The molecule has 3 N–H and O–H groups in total. The van der Waals surface area contributed by atoms with Gasteiger partial charge in [0.05, 0.1) is 6.04 Å². The van der Waals surface area contributed by atoms with E-state index >= 15 is 0 Å². The second kappa shape index (κ2) is 7.10. The van der Waals surface area contributed by atoms with E-state index in [1.54, 1.807) is 0 Å². The van der Waals surface area contributed by atoms with E-state index < -0.39 is 0 Å². The number of nitrogens with two attached hydrogens (primary N) is 1. The molecule has 0 aliphatic carbocycles. The van der Waals surface area contributed by atoms with Crippen molar-refractivity contribution in [1.29, 1.82) is 0 Å². The average Bonchev–Trinajstić information content (AvgIpc) is 2.41. The van der Waals surface area contributed by atoms with Crippen molar-refractivity contribution in [3.05, 3.63) is 29.3 Å². The molecule has 2 atom stereocenters. The highest BCUT2D eigenvalue weighted by Gasteiger charge is 2.28. The molecule has 5 heteroatoms. The molecule has 1 saturated heterocycles. The summed E-state index contributed by atoms with van der Waals surface area (Å²) in [5.74, 6) is 6.94. The van der Waals surface area contributed by atoms with Crippen LogP contribution in [0.15, 0.2) is 24.3 Å². The smallest absolute Gasteiger partial charge is 0.121 e. The third-order valence-corrected chi connectivity index (χ3v) is 3.83. The minimum atomic E-state index is -0.0217. The number of ether oxygens (including phenoxy) is 2. The van der Waals surface area contributed by atoms with Gasteiger partial charge in [-0.25, -0.2) is 0 Å². The van der Waals surface area contributed by atoms with E-state index in [4.69, 9.17) is 26.9 Å². The molecule has 0 aromatic heterocycles. The van der Waals surface area contributed by atoms with Crippen LogP contribution >= 0.6 is 11.6 Å². The Kier molecular flexibility index (Phi) is 5.45. The minimum absolute atomic E-state index is 0.0217. The molecule has 4 nitrogen and oxygen atoms in total. The maximum Gasteiger partial charge on any atom is 0.121 e. The molecule has 1 aliphatic heterocycles. The Labute approximate surface area is 119 Å². The average molecular weight is 285 g/mol. The van der Waals surface area contributed by atoms with Crippen molar-refractivity contribution < 1.29 is 9.47 Å². The molecule has 0 saturated carbocycles. The van der Waals surface area contributed by atoms with Crippen molar-refractivity contribution >= 4 is 11.6 Å². The number of halogens is 1. The van der Waals surface area contributed by atoms with Crippen LogP contribution in [0, 0.1) is 5.92 Å². The predicted molar refractivity (Wildman–Crippen MR) is 76.2 cm³/mol. The Morgan fingerprint density at radius 1 is 1.42 bits per heavy atom. The van der Waals surface area contributed by atoms with Crippen LogP contribution in [-0.4, -0.2) is 25.4 Å². The van der Waals surface area contributed by atoms with Crippen LogP contribution in [0.4, 0.5) is 0 Å². The van der Waals surface area contributed by atoms with Gasteiger partial charge in [-0.05, 0) is 43.9 Å². The summed E-state index contributed by atoms with van der Waals surface area (Å²) in [5, 5.41) is 0.674. The highest BCUT2D eigenvalue weighted by atomic mass is 35.5. The summed E-state index contributed by atoms with van der Waals surface area (Å²) in [7, 11) is 0. The molecule has 0 spiro atoms. The number of benzene rings is 1. The van der Waals surface area contributed by atoms with Crippen molar-refractivity contribution in [3.8, 4) is 5.75 Å². The van der Waals surface area contributed by atoms with E-state index in [2.05, 4.69) is 5.43 Å². The first-order valence-corrected chi connectivity index (χ1v) is 7.04. The zero-order chi connectivity index (χ0) is 13.7. The first kappa shape index (κ1) is 14.6. The molecule has 0 radical (unpaired) electrons. The Bertz CT molecular complexity index is 397. The summed E-state index contributed by atoms with van der Waals surface area (Å²) < 4.78 is 11.3. The van der Waals surface area contributed by atoms with Crippen molar-refractivity contribution in [3.63, 3.8) is 0 Å². The lowest BCUT2D eigenvalue weighted by Gasteiger charge is -2.33. The van der Waals surface area contributed by atoms with E-state index in [9.17, 15) is 0 Å². The Balaban J connectivity index is 1.97. The predicted octanol–water partition coefficient (Wildman–Crippen LogP) is 2.37. The summed E-state index contributed by atoms with van der Waals surface area (Å²) in [6, 6.07) is 7.54. The van der Waals surface area contributed by atoms with E-state index in [0.29, 0.717) is 10.9 Å². The van der Waals surface area contributed by atoms with Gasteiger partial charge in [-0.1, -0.05) is 17.7 Å². The van der Waals surface area contributed by atoms with E-state index in [-0.39, 0.29) is 12.1 Å². The van der Waals surface area contributed by atoms with Crippen LogP contribution in [0.1, 0.15) is 19.8 Å². The van der Waals surface area contributed by atoms with E-state index in [0.717, 1.165) is 31.8 Å². The van der Waals surface area contributed by atoms with Crippen molar-refractivity contribution in [2.75, 3.05) is 13.2 Å². The summed E-state index contributed by atoms with van der Waals surface area (Å²) in [6.07, 6.45) is 2.00. The van der Waals surface area contributed by atoms with Crippen LogP contribution < -0.4 is 16.0 Å². The molecular formula is C14H21ClN2O2. The summed E-state index contributed by atoms with van der Waals surface area (Å²) in [4.78, 5) is 0. The molecular weight excluding hydrogens is 264 g/mol. The van der Waals surface area contributed by atoms with Gasteiger partial charge in [-0.3, -0.25) is 11.3 Å². The normalized spacial score (nSPS) is 19.9. The molecule has 2 unspecified atom stereocenters. The monoisotopic (exact) mass is 284 g/mol. The number of nitrogens with one attached hydrogen (secondary N) is 1. The van der Waals surface area contributed by atoms with Gasteiger partial charge in [0.15, 0.2) is 0 Å². The van der Waals surface area contributed by atoms with Gasteiger partial charge in [0.1, 0.15) is 11.9 Å².